The number of unbranched alkanes of at least 4 members (excludes halogenated alkanes) is 1. The smallest absolute Gasteiger partial charge is 0.123 e. The van der Waals surface area contributed by atoms with Crippen molar-refractivity contribution in [2.75, 3.05) is 6.54 Å². The van der Waals surface area contributed by atoms with Gasteiger partial charge in [0.05, 0.1) is 11.5 Å². The van der Waals surface area contributed by atoms with E-state index in [9.17, 15) is 4.39 Å². The van der Waals surface area contributed by atoms with Gasteiger partial charge in [-0.1, -0.05) is 18.6 Å². The Morgan fingerprint density at radius 3 is 2.47 bits per heavy atom. The molecule has 19 heavy (non-hydrogen) atoms. The fourth-order valence-electron chi connectivity index (χ4n) is 1.94. The largest absolute Gasteiger partial charge is 0.310 e. The van der Waals surface area contributed by atoms with Crippen molar-refractivity contribution in [2.24, 2.45) is 5.41 Å². The molecule has 0 saturated heterocycles. The zero-order valence-corrected chi connectivity index (χ0v) is 12.0. The van der Waals surface area contributed by atoms with E-state index in [1.54, 1.807) is 0 Å². The predicted molar refractivity (Wildman–Crippen MR) is 76.1 cm³/mol. The third-order valence-corrected chi connectivity index (χ3v) is 3.35. The first-order chi connectivity index (χ1) is 8.94. The molecule has 0 aliphatic carbocycles. The summed E-state index contributed by atoms with van der Waals surface area (Å²) in [6.07, 6.45) is 3.02. The molecule has 0 amide bonds. The molecule has 1 aromatic carbocycles. The number of nitrogens with one attached hydrogen (secondary N) is 1. The van der Waals surface area contributed by atoms with E-state index < -0.39 is 0 Å². The highest BCUT2D eigenvalue weighted by Crippen LogP contribution is 2.21. The number of rotatable bonds is 7. The van der Waals surface area contributed by atoms with Gasteiger partial charge in [0.1, 0.15) is 5.82 Å². The lowest BCUT2D eigenvalue weighted by Crippen LogP contribution is -2.20. The fraction of sp³-hybridized carbons (Fsp3) is 0.562. The van der Waals surface area contributed by atoms with Gasteiger partial charge in [-0.2, -0.15) is 5.26 Å². The normalized spacial score (nSPS) is 13.0. The first-order valence-corrected chi connectivity index (χ1v) is 6.85. The molecular formula is C16H23FN2. The Morgan fingerprint density at radius 1 is 1.26 bits per heavy atom. The summed E-state index contributed by atoms with van der Waals surface area (Å²) in [4.78, 5) is 0. The van der Waals surface area contributed by atoms with Crippen molar-refractivity contribution in [1.82, 2.24) is 5.32 Å². The minimum atomic E-state index is -0.220. The Kier molecular flexibility index (Phi) is 5.98. The molecule has 3 heteroatoms. The monoisotopic (exact) mass is 262 g/mol. The molecule has 0 aliphatic heterocycles. The van der Waals surface area contributed by atoms with Crippen LogP contribution in [-0.4, -0.2) is 6.54 Å². The second-order valence-corrected chi connectivity index (χ2v) is 5.68. The molecule has 0 fully saturated rings. The molecule has 0 spiro atoms. The van der Waals surface area contributed by atoms with Crippen LogP contribution in [0.4, 0.5) is 4.39 Å². The van der Waals surface area contributed by atoms with Crippen molar-refractivity contribution in [3.05, 3.63) is 35.6 Å². The molecule has 0 bridgehead atoms. The molecule has 0 unspecified atom stereocenters. The van der Waals surface area contributed by atoms with Crippen LogP contribution < -0.4 is 5.32 Å². The van der Waals surface area contributed by atoms with E-state index >= 15 is 0 Å². The minimum absolute atomic E-state index is 0.199. The van der Waals surface area contributed by atoms with E-state index in [4.69, 9.17) is 5.26 Å². The second-order valence-electron chi connectivity index (χ2n) is 5.68. The molecule has 0 aliphatic rings. The Balaban J connectivity index is 2.23. The summed E-state index contributed by atoms with van der Waals surface area (Å²) in [6, 6.07) is 9.14. The van der Waals surface area contributed by atoms with Crippen LogP contribution in [0.3, 0.4) is 0 Å². The summed E-state index contributed by atoms with van der Waals surface area (Å²) in [5.41, 5.74) is 0.876. The molecule has 104 valence electrons. The molecule has 0 heterocycles. The van der Waals surface area contributed by atoms with Crippen LogP contribution in [0, 0.1) is 22.6 Å². The average molecular weight is 262 g/mol. The summed E-state index contributed by atoms with van der Waals surface area (Å²) >= 11 is 0. The van der Waals surface area contributed by atoms with Crippen molar-refractivity contribution >= 4 is 0 Å². The predicted octanol–water partition coefficient (Wildman–Crippen LogP) is 4.20. The molecule has 1 N–H and O–H groups in total. The summed E-state index contributed by atoms with van der Waals surface area (Å²) < 4.78 is 12.8. The molecule has 2 nitrogen and oxygen atoms in total. The van der Waals surface area contributed by atoms with E-state index in [1.165, 1.54) is 12.1 Å². The quantitative estimate of drug-likeness (QED) is 0.748. The van der Waals surface area contributed by atoms with Crippen LogP contribution in [0.2, 0.25) is 0 Å². The second kappa shape index (κ2) is 7.25. The van der Waals surface area contributed by atoms with Gasteiger partial charge in [0.2, 0.25) is 0 Å². The molecule has 1 atom stereocenters. The van der Waals surface area contributed by atoms with Crippen molar-refractivity contribution in [3.63, 3.8) is 0 Å². The van der Waals surface area contributed by atoms with Gasteiger partial charge in [-0.05, 0) is 57.9 Å². The summed E-state index contributed by atoms with van der Waals surface area (Å²) in [6.45, 7) is 6.94. The maximum atomic E-state index is 12.8. The number of halogens is 1. The molecule has 0 radical (unpaired) electrons. The summed E-state index contributed by atoms with van der Waals surface area (Å²) in [7, 11) is 0. The number of hydrogen-bond acceptors (Lipinski definition) is 2. The number of nitrogens with zero attached hydrogens (tertiary/aromatic N) is 1. The lowest BCUT2D eigenvalue weighted by Gasteiger charge is -2.16. The van der Waals surface area contributed by atoms with E-state index in [0.29, 0.717) is 0 Å². The number of hydrogen-bond donors (Lipinski definition) is 1. The van der Waals surface area contributed by atoms with E-state index in [-0.39, 0.29) is 17.3 Å². The van der Waals surface area contributed by atoms with Crippen LogP contribution in [0.5, 0.6) is 0 Å². The number of nitriles is 1. The van der Waals surface area contributed by atoms with Gasteiger partial charge in [0.15, 0.2) is 0 Å². The lowest BCUT2D eigenvalue weighted by atomic mass is 9.89. The molecule has 1 rings (SSSR count). The molecular weight excluding hydrogens is 239 g/mol. The first kappa shape index (κ1) is 15.7. The third-order valence-electron chi connectivity index (χ3n) is 3.35. The maximum Gasteiger partial charge on any atom is 0.123 e. The van der Waals surface area contributed by atoms with Crippen molar-refractivity contribution < 1.29 is 4.39 Å². The third kappa shape index (κ3) is 5.85. The Labute approximate surface area is 115 Å². The molecule has 1 aromatic rings. The molecule has 0 aromatic heterocycles. The molecule has 0 saturated carbocycles. The van der Waals surface area contributed by atoms with Crippen LogP contribution >= 0.6 is 0 Å². The van der Waals surface area contributed by atoms with Crippen LogP contribution in [-0.2, 0) is 0 Å². The maximum absolute atomic E-state index is 12.8. The highest BCUT2D eigenvalue weighted by Gasteiger charge is 2.15. The first-order valence-electron chi connectivity index (χ1n) is 6.85. The Morgan fingerprint density at radius 2 is 1.89 bits per heavy atom. The highest BCUT2D eigenvalue weighted by atomic mass is 19.1. The van der Waals surface area contributed by atoms with Gasteiger partial charge in [0.25, 0.3) is 0 Å². The fourth-order valence-corrected chi connectivity index (χ4v) is 1.94. The van der Waals surface area contributed by atoms with Gasteiger partial charge >= 0.3 is 0 Å². The summed E-state index contributed by atoms with van der Waals surface area (Å²) in [5.74, 6) is -0.199. The van der Waals surface area contributed by atoms with Gasteiger partial charge in [-0.25, -0.2) is 4.39 Å². The van der Waals surface area contributed by atoms with Crippen LogP contribution in [0.15, 0.2) is 24.3 Å². The van der Waals surface area contributed by atoms with Crippen molar-refractivity contribution in [2.45, 2.75) is 46.1 Å². The summed E-state index contributed by atoms with van der Waals surface area (Å²) in [5, 5.41) is 12.3. The highest BCUT2D eigenvalue weighted by molar-refractivity contribution is 5.19. The Bertz CT molecular complexity index is 417. The minimum Gasteiger partial charge on any atom is -0.310 e. The topological polar surface area (TPSA) is 35.8 Å². The number of benzene rings is 1. The lowest BCUT2D eigenvalue weighted by molar-refractivity contribution is 0.418. The zero-order valence-electron chi connectivity index (χ0n) is 12.0. The van der Waals surface area contributed by atoms with Crippen LogP contribution in [0.1, 0.15) is 51.6 Å². The van der Waals surface area contributed by atoms with E-state index in [2.05, 4.69) is 18.3 Å². The SMILES string of the molecule is C[C@H](NCCCCC(C)(C)C#N)c1ccc(F)cc1. The van der Waals surface area contributed by atoms with Gasteiger partial charge in [-0.15, -0.1) is 0 Å². The zero-order chi connectivity index (χ0) is 14.3. The average Bonchev–Trinajstić information content (AvgIpc) is 2.39. The van der Waals surface area contributed by atoms with Gasteiger partial charge in [-0.3, -0.25) is 0 Å². The van der Waals surface area contributed by atoms with E-state index in [0.717, 1.165) is 31.4 Å². The van der Waals surface area contributed by atoms with E-state index in [1.807, 2.05) is 26.0 Å². The Hall–Kier alpha value is -1.40. The van der Waals surface area contributed by atoms with Crippen LogP contribution in [0.25, 0.3) is 0 Å². The van der Waals surface area contributed by atoms with Gasteiger partial charge < -0.3 is 5.32 Å². The van der Waals surface area contributed by atoms with Gasteiger partial charge in [0, 0.05) is 6.04 Å². The standard InChI is InChI=1S/C16H23FN2/c1-13(14-6-8-15(17)9-7-14)19-11-5-4-10-16(2,3)12-18/h6-9,13,19H,4-5,10-11H2,1-3H3/t13-/m0/s1. The van der Waals surface area contributed by atoms with Crippen molar-refractivity contribution in [1.29, 1.82) is 5.26 Å². The van der Waals surface area contributed by atoms with Crippen molar-refractivity contribution in [3.8, 4) is 6.07 Å².